The molecule has 0 fully saturated rings. The van der Waals surface area contributed by atoms with Gasteiger partial charge in [0, 0.05) is 18.0 Å². The highest BCUT2D eigenvalue weighted by Crippen LogP contribution is 2.04. The Kier molecular flexibility index (Phi) is 4.96. The number of hydrogen-bond acceptors (Lipinski definition) is 4. The van der Waals surface area contributed by atoms with Crippen LogP contribution in [0.5, 0.6) is 0 Å². The molecule has 0 radical (unpaired) electrons. The van der Waals surface area contributed by atoms with Crippen molar-refractivity contribution >= 4 is 23.6 Å². The van der Waals surface area contributed by atoms with Crippen molar-refractivity contribution in [2.24, 2.45) is 0 Å². The third-order valence-electron chi connectivity index (χ3n) is 2.20. The molecule has 2 N–H and O–H groups in total. The largest absolute Gasteiger partial charge is 0.478 e. The molecule has 0 aliphatic heterocycles. The van der Waals surface area contributed by atoms with Crippen LogP contribution in [0.3, 0.4) is 0 Å². The predicted molar refractivity (Wildman–Crippen MR) is 66.5 cm³/mol. The minimum absolute atomic E-state index is 0.0685. The summed E-state index contributed by atoms with van der Waals surface area (Å²) in [6.07, 6.45) is 3.14. The molecule has 5 nitrogen and oxygen atoms in total. The van der Waals surface area contributed by atoms with E-state index in [4.69, 9.17) is 5.11 Å². The standard InChI is InChI=1S/C11H14N2O3S/c1-7(17-2)5-13-10(14)9-4-3-8(6-12-9)11(15)16/h3-4,6-7H,5H2,1-2H3,(H,13,14)(H,15,16). The number of rotatable bonds is 5. The van der Waals surface area contributed by atoms with Crippen LogP contribution in [0.15, 0.2) is 18.3 Å². The van der Waals surface area contributed by atoms with Gasteiger partial charge >= 0.3 is 5.97 Å². The van der Waals surface area contributed by atoms with Gasteiger partial charge in [0.1, 0.15) is 5.69 Å². The van der Waals surface area contributed by atoms with E-state index in [0.29, 0.717) is 11.8 Å². The highest BCUT2D eigenvalue weighted by Gasteiger charge is 2.10. The Balaban J connectivity index is 2.61. The number of carboxylic acid groups (broad SMARTS) is 1. The smallest absolute Gasteiger partial charge is 0.337 e. The summed E-state index contributed by atoms with van der Waals surface area (Å²) >= 11 is 1.66. The Morgan fingerprint density at radius 2 is 2.24 bits per heavy atom. The van der Waals surface area contributed by atoms with Crippen LogP contribution in [0.4, 0.5) is 0 Å². The number of aromatic nitrogens is 1. The number of nitrogens with one attached hydrogen (secondary N) is 1. The molecule has 0 saturated heterocycles. The predicted octanol–water partition coefficient (Wildman–Crippen LogP) is 1.26. The second kappa shape index (κ2) is 6.24. The summed E-state index contributed by atoms with van der Waals surface area (Å²) in [5.74, 6) is -1.34. The average molecular weight is 254 g/mol. The monoisotopic (exact) mass is 254 g/mol. The number of carbonyl (C=O) groups excluding carboxylic acids is 1. The number of aromatic carboxylic acids is 1. The summed E-state index contributed by atoms with van der Waals surface area (Å²) in [4.78, 5) is 26.0. The van der Waals surface area contributed by atoms with Crippen LogP contribution in [-0.2, 0) is 0 Å². The van der Waals surface area contributed by atoms with Crippen molar-refractivity contribution in [2.75, 3.05) is 12.8 Å². The molecule has 0 aromatic carbocycles. The molecule has 92 valence electrons. The number of hydrogen-bond donors (Lipinski definition) is 2. The van der Waals surface area contributed by atoms with Crippen LogP contribution in [0, 0.1) is 0 Å². The number of thioether (sulfide) groups is 1. The van der Waals surface area contributed by atoms with Gasteiger partial charge in [0.15, 0.2) is 0 Å². The van der Waals surface area contributed by atoms with Crippen molar-refractivity contribution in [1.29, 1.82) is 0 Å². The normalized spacial score (nSPS) is 11.9. The van der Waals surface area contributed by atoms with Gasteiger partial charge in [0.2, 0.25) is 0 Å². The topological polar surface area (TPSA) is 79.3 Å². The highest BCUT2D eigenvalue weighted by atomic mass is 32.2. The van der Waals surface area contributed by atoms with E-state index in [1.165, 1.54) is 18.3 Å². The van der Waals surface area contributed by atoms with Crippen molar-refractivity contribution in [3.8, 4) is 0 Å². The first-order chi connectivity index (χ1) is 8.04. The second-order valence-corrected chi connectivity index (χ2v) is 4.77. The van der Waals surface area contributed by atoms with Crippen LogP contribution < -0.4 is 5.32 Å². The van der Waals surface area contributed by atoms with Gasteiger partial charge in [-0.25, -0.2) is 4.79 Å². The average Bonchev–Trinajstić information content (AvgIpc) is 2.35. The second-order valence-electron chi connectivity index (χ2n) is 3.49. The zero-order valence-corrected chi connectivity index (χ0v) is 10.5. The van der Waals surface area contributed by atoms with Crippen molar-refractivity contribution in [1.82, 2.24) is 10.3 Å². The van der Waals surface area contributed by atoms with Gasteiger partial charge < -0.3 is 10.4 Å². The zero-order chi connectivity index (χ0) is 12.8. The summed E-state index contributed by atoms with van der Waals surface area (Å²) < 4.78 is 0. The fourth-order valence-electron chi connectivity index (χ4n) is 1.07. The van der Waals surface area contributed by atoms with Gasteiger partial charge in [-0.15, -0.1) is 0 Å². The van der Waals surface area contributed by atoms with Crippen LogP contribution in [-0.4, -0.2) is 40.0 Å². The van der Waals surface area contributed by atoms with E-state index in [0.717, 1.165) is 0 Å². The third-order valence-corrected chi connectivity index (χ3v) is 3.17. The Morgan fingerprint density at radius 3 is 2.71 bits per heavy atom. The first-order valence-electron chi connectivity index (χ1n) is 5.05. The van der Waals surface area contributed by atoms with E-state index in [1.54, 1.807) is 11.8 Å². The van der Waals surface area contributed by atoms with Gasteiger partial charge in [-0.05, 0) is 18.4 Å². The lowest BCUT2D eigenvalue weighted by atomic mass is 10.2. The van der Waals surface area contributed by atoms with Crippen molar-refractivity contribution in [3.63, 3.8) is 0 Å². The quantitative estimate of drug-likeness (QED) is 0.827. The van der Waals surface area contributed by atoms with Crippen LogP contribution in [0.2, 0.25) is 0 Å². The SMILES string of the molecule is CSC(C)CNC(=O)c1ccc(C(=O)O)cn1. The van der Waals surface area contributed by atoms with Gasteiger partial charge in [0.05, 0.1) is 5.56 Å². The third kappa shape index (κ3) is 4.07. The van der Waals surface area contributed by atoms with E-state index in [1.807, 2.05) is 13.2 Å². The molecule has 1 aromatic rings. The lowest BCUT2D eigenvalue weighted by molar-refractivity contribution is 0.0695. The molecule has 1 unspecified atom stereocenters. The Morgan fingerprint density at radius 1 is 1.53 bits per heavy atom. The van der Waals surface area contributed by atoms with Crippen LogP contribution >= 0.6 is 11.8 Å². The van der Waals surface area contributed by atoms with E-state index in [2.05, 4.69) is 10.3 Å². The number of carboxylic acids is 1. The molecule has 0 aliphatic carbocycles. The van der Waals surface area contributed by atoms with Crippen LogP contribution in [0.25, 0.3) is 0 Å². The number of carbonyl (C=O) groups is 2. The lowest BCUT2D eigenvalue weighted by Crippen LogP contribution is -2.30. The van der Waals surface area contributed by atoms with E-state index in [9.17, 15) is 9.59 Å². The molecule has 0 aliphatic rings. The van der Waals surface area contributed by atoms with Crippen molar-refractivity contribution in [3.05, 3.63) is 29.6 Å². The Hall–Kier alpha value is -1.56. The van der Waals surface area contributed by atoms with E-state index >= 15 is 0 Å². The number of amides is 1. The fraction of sp³-hybridized carbons (Fsp3) is 0.364. The molecule has 0 spiro atoms. The zero-order valence-electron chi connectivity index (χ0n) is 9.64. The molecule has 1 heterocycles. The highest BCUT2D eigenvalue weighted by molar-refractivity contribution is 7.99. The summed E-state index contributed by atoms with van der Waals surface area (Å²) in [5.41, 5.74) is 0.294. The van der Waals surface area contributed by atoms with Gasteiger partial charge in [-0.3, -0.25) is 9.78 Å². The molecule has 1 rings (SSSR count). The maximum Gasteiger partial charge on any atom is 0.337 e. The molecular formula is C11H14N2O3S. The van der Waals surface area contributed by atoms with Gasteiger partial charge in [-0.1, -0.05) is 6.92 Å². The summed E-state index contributed by atoms with van der Waals surface area (Å²) in [7, 11) is 0. The number of pyridine rings is 1. The van der Waals surface area contributed by atoms with Crippen molar-refractivity contribution in [2.45, 2.75) is 12.2 Å². The molecule has 0 bridgehead atoms. The molecule has 17 heavy (non-hydrogen) atoms. The minimum Gasteiger partial charge on any atom is -0.478 e. The van der Waals surface area contributed by atoms with Crippen molar-refractivity contribution < 1.29 is 14.7 Å². The fourth-order valence-corrected chi connectivity index (χ4v) is 1.32. The molecule has 1 atom stereocenters. The summed E-state index contributed by atoms with van der Waals surface area (Å²) in [6, 6.07) is 2.77. The maximum atomic E-state index is 11.6. The Labute approximate surface area is 104 Å². The maximum absolute atomic E-state index is 11.6. The number of nitrogens with zero attached hydrogens (tertiary/aromatic N) is 1. The molecule has 1 aromatic heterocycles. The molecule has 6 heteroatoms. The van der Waals surface area contributed by atoms with E-state index < -0.39 is 5.97 Å². The summed E-state index contributed by atoms with van der Waals surface area (Å²) in [5, 5.41) is 11.7. The molecular weight excluding hydrogens is 240 g/mol. The van der Waals surface area contributed by atoms with Gasteiger partial charge in [-0.2, -0.15) is 11.8 Å². The Bertz CT molecular complexity index is 406. The molecule has 1 amide bonds. The molecule has 0 saturated carbocycles. The van der Waals surface area contributed by atoms with Crippen LogP contribution in [0.1, 0.15) is 27.8 Å². The van der Waals surface area contributed by atoms with Gasteiger partial charge in [0.25, 0.3) is 5.91 Å². The van der Waals surface area contributed by atoms with E-state index in [-0.39, 0.29) is 17.2 Å². The minimum atomic E-state index is -1.06. The lowest BCUT2D eigenvalue weighted by Gasteiger charge is -2.09. The first-order valence-corrected chi connectivity index (χ1v) is 6.33. The summed E-state index contributed by atoms with van der Waals surface area (Å²) in [6.45, 7) is 2.56. The first kappa shape index (κ1) is 13.5.